The fourth-order valence-corrected chi connectivity index (χ4v) is 2.99. The molecule has 0 fully saturated rings. The molecule has 148 valence electrons. The SMILES string of the molecule is O=C(N/N=C/c1cn(-c2ccccc2)nc1-c1ccc(Cl)cc1)c1ccc(O)cc1. The van der Waals surface area contributed by atoms with Crippen LogP contribution in [0.25, 0.3) is 16.9 Å². The Morgan fingerprint density at radius 3 is 2.40 bits per heavy atom. The molecule has 1 heterocycles. The van der Waals surface area contributed by atoms with Gasteiger partial charge in [0.1, 0.15) is 11.4 Å². The molecular formula is C23H17ClN4O2. The zero-order valence-corrected chi connectivity index (χ0v) is 16.5. The lowest BCUT2D eigenvalue weighted by atomic mass is 10.1. The number of hydrogen-bond acceptors (Lipinski definition) is 4. The lowest BCUT2D eigenvalue weighted by Crippen LogP contribution is -2.17. The van der Waals surface area contributed by atoms with E-state index in [-0.39, 0.29) is 11.7 Å². The molecule has 0 spiro atoms. The summed E-state index contributed by atoms with van der Waals surface area (Å²) in [5.74, 6) is -0.286. The third kappa shape index (κ3) is 4.39. The monoisotopic (exact) mass is 416 g/mol. The molecule has 1 aromatic heterocycles. The summed E-state index contributed by atoms with van der Waals surface area (Å²) in [5.41, 5.74) is 6.10. The van der Waals surface area contributed by atoms with E-state index >= 15 is 0 Å². The molecule has 2 N–H and O–H groups in total. The summed E-state index contributed by atoms with van der Waals surface area (Å²) in [7, 11) is 0. The molecule has 4 rings (SSSR count). The summed E-state index contributed by atoms with van der Waals surface area (Å²) in [6.07, 6.45) is 3.39. The van der Waals surface area contributed by atoms with Gasteiger partial charge in [0.05, 0.1) is 11.9 Å². The topological polar surface area (TPSA) is 79.5 Å². The maximum Gasteiger partial charge on any atom is 0.271 e. The Balaban J connectivity index is 1.63. The summed E-state index contributed by atoms with van der Waals surface area (Å²) >= 11 is 6.01. The Bertz CT molecular complexity index is 1180. The molecule has 0 aliphatic heterocycles. The normalized spacial score (nSPS) is 11.0. The van der Waals surface area contributed by atoms with E-state index in [2.05, 4.69) is 15.6 Å². The fraction of sp³-hybridized carbons (Fsp3) is 0. The average Bonchev–Trinajstić information content (AvgIpc) is 3.19. The van der Waals surface area contributed by atoms with Crippen molar-refractivity contribution in [2.45, 2.75) is 0 Å². The number of nitrogens with one attached hydrogen (secondary N) is 1. The number of hydrogen-bond donors (Lipinski definition) is 2. The predicted molar refractivity (Wildman–Crippen MR) is 117 cm³/mol. The van der Waals surface area contributed by atoms with Crippen molar-refractivity contribution in [3.05, 3.63) is 101 Å². The minimum absolute atomic E-state index is 0.0935. The van der Waals surface area contributed by atoms with Crippen molar-refractivity contribution in [1.82, 2.24) is 15.2 Å². The van der Waals surface area contributed by atoms with E-state index in [4.69, 9.17) is 11.6 Å². The van der Waals surface area contributed by atoms with E-state index in [9.17, 15) is 9.90 Å². The van der Waals surface area contributed by atoms with E-state index in [1.54, 1.807) is 23.0 Å². The van der Waals surface area contributed by atoms with E-state index in [1.165, 1.54) is 24.3 Å². The van der Waals surface area contributed by atoms with Crippen LogP contribution in [0.1, 0.15) is 15.9 Å². The van der Waals surface area contributed by atoms with Crippen LogP contribution in [0.2, 0.25) is 5.02 Å². The first-order valence-corrected chi connectivity index (χ1v) is 9.51. The Morgan fingerprint density at radius 2 is 1.70 bits per heavy atom. The first-order chi connectivity index (χ1) is 14.6. The Kier molecular flexibility index (Phi) is 5.59. The highest BCUT2D eigenvalue weighted by Crippen LogP contribution is 2.24. The van der Waals surface area contributed by atoms with Crippen LogP contribution in [-0.2, 0) is 0 Å². The molecule has 0 atom stereocenters. The van der Waals surface area contributed by atoms with Crippen LogP contribution in [0.5, 0.6) is 5.75 Å². The van der Waals surface area contributed by atoms with Crippen molar-refractivity contribution in [3.63, 3.8) is 0 Å². The van der Waals surface area contributed by atoms with Crippen LogP contribution >= 0.6 is 11.6 Å². The minimum Gasteiger partial charge on any atom is -0.508 e. The summed E-state index contributed by atoms with van der Waals surface area (Å²) in [6, 6.07) is 23.0. The van der Waals surface area contributed by atoms with E-state index < -0.39 is 0 Å². The number of aromatic nitrogens is 2. The number of halogens is 1. The number of hydrazone groups is 1. The average molecular weight is 417 g/mol. The number of phenolic OH excluding ortho intramolecular Hbond substituents is 1. The largest absolute Gasteiger partial charge is 0.508 e. The second-order valence-corrected chi connectivity index (χ2v) is 6.90. The maximum absolute atomic E-state index is 12.2. The molecule has 0 saturated carbocycles. The lowest BCUT2D eigenvalue weighted by Gasteiger charge is -2.01. The number of rotatable bonds is 5. The molecule has 1 amide bonds. The molecule has 0 saturated heterocycles. The van der Waals surface area contributed by atoms with Crippen LogP contribution in [0.15, 0.2) is 90.2 Å². The second kappa shape index (κ2) is 8.63. The summed E-state index contributed by atoms with van der Waals surface area (Å²) in [4.78, 5) is 12.2. The lowest BCUT2D eigenvalue weighted by molar-refractivity contribution is 0.0955. The second-order valence-electron chi connectivity index (χ2n) is 6.47. The van der Waals surface area contributed by atoms with E-state index in [0.717, 1.165) is 16.8 Å². The van der Waals surface area contributed by atoms with Crippen molar-refractivity contribution in [2.24, 2.45) is 5.10 Å². The first-order valence-electron chi connectivity index (χ1n) is 9.13. The molecule has 3 aromatic carbocycles. The van der Waals surface area contributed by atoms with Crippen molar-refractivity contribution in [3.8, 4) is 22.7 Å². The van der Waals surface area contributed by atoms with E-state index in [1.807, 2.05) is 48.7 Å². The zero-order valence-electron chi connectivity index (χ0n) is 15.7. The molecule has 0 radical (unpaired) electrons. The number of nitrogens with zero attached hydrogens (tertiary/aromatic N) is 3. The molecule has 4 aromatic rings. The predicted octanol–water partition coefficient (Wildman–Crippen LogP) is 4.66. The quantitative estimate of drug-likeness (QED) is 0.366. The van der Waals surface area contributed by atoms with Gasteiger partial charge in [-0.1, -0.05) is 41.9 Å². The summed E-state index contributed by atoms with van der Waals surface area (Å²) in [6.45, 7) is 0. The highest BCUT2D eigenvalue weighted by atomic mass is 35.5. The molecule has 7 heteroatoms. The summed E-state index contributed by atoms with van der Waals surface area (Å²) < 4.78 is 1.76. The highest BCUT2D eigenvalue weighted by Gasteiger charge is 2.11. The molecule has 6 nitrogen and oxygen atoms in total. The number of carbonyl (C=O) groups excluding carboxylic acids is 1. The maximum atomic E-state index is 12.2. The van der Waals surface area contributed by atoms with Gasteiger partial charge in [-0.15, -0.1) is 0 Å². The van der Waals surface area contributed by atoms with Gasteiger partial charge in [-0.3, -0.25) is 4.79 Å². The molecule has 0 bridgehead atoms. The number of phenols is 1. The fourth-order valence-electron chi connectivity index (χ4n) is 2.86. The Labute approximate surface area is 178 Å². The third-order valence-electron chi connectivity index (χ3n) is 4.38. The Morgan fingerprint density at radius 1 is 1.00 bits per heavy atom. The van der Waals surface area contributed by atoms with Crippen molar-refractivity contribution in [1.29, 1.82) is 0 Å². The van der Waals surface area contributed by atoms with E-state index in [0.29, 0.717) is 16.3 Å². The number of amides is 1. The molecule has 0 unspecified atom stereocenters. The third-order valence-corrected chi connectivity index (χ3v) is 4.63. The molecule has 0 aliphatic rings. The number of para-hydroxylation sites is 1. The van der Waals surface area contributed by atoms with Crippen molar-refractivity contribution in [2.75, 3.05) is 0 Å². The summed E-state index contributed by atoms with van der Waals surface area (Å²) in [5, 5.41) is 18.7. The zero-order chi connectivity index (χ0) is 20.9. The first kappa shape index (κ1) is 19.4. The van der Waals surface area contributed by atoms with Gasteiger partial charge < -0.3 is 5.11 Å². The molecular weight excluding hydrogens is 400 g/mol. The van der Waals surface area contributed by atoms with Gasteiger partial charge in [0.15, 0.2) is 0 Å². The van der Waals surface area contributed by atoms with Gasteiger partial charge in [-0.05, 0) is 48.5 Å². The highest BCUT2D eigenvalue weighted by molar-refractivity contribution is 6.30. The van der Waals surface area contributed by atoms with Crippen molar-refractivity contribution >= 4 is 23.7 Å². The standard InChI is InChI=1S/C23H17ClN4O2/c24-19-10-6-16(7-11-19)22-18(15-28(27-22)20-4-2-1-3-5-20)14-25-26-23(30)17-8-12-21(29)13-9-17/h1-15,29H,(H,26,30)/b25-14+. The number of carbonyl (C=O) groups is 1. The van der Waals surface area contributed by atoms with Gasteiger partial charge in [0, 0.05) is 27.9 Å². The van der Waals surface area contributed by atoms with Gasteiger partial charge in [0.2, 0.25) is 0 Å². The number of aromatic hydroxyl groups is 1. The van der Waals surface area contributed by atoms with Gasteiger partial charge >= 0.3 is 0 Å². The Hall–Kier alpha value is -3.90. The smallest absolute Gasteiger partial charge is 0.271 e. The van der Waals surface area contributed by atoms with Crippen LogP contribution in [0.3, 0.4) is 0 Å². The van der Waals surface area contributed by atoms with Crippen LogP contribution in [-0.4, -0.2) is 27.0 Å². The number of benzene rings is 3. The van der Waals surface area contributed by atoms with Gasteiger partial charge in [-0.2, -0.15) is 10.2 Å². The molecule has 0 aliphatic carbocycles. The van der Waals surface area contributed by atoms with Gasteiger partial charge in [-0.25, -0.2) is 10.1 Å². The molecule has 30 heavy (non-hydrogen) atoms. The van der Waals surface area contributed by atoms with Gasteiger partial charge in [0.25, 0.3) is 5.91 Å². The van der Waals surface area contributed by atoms with Crippen LogP contribution in [0.4, 0.5) is 0 Å². The van der Waals surface area contributed by atoms with Crippen LogP contribution in [0, 0.1) is 0 Å². The van der Waals surface area contributed by atoms with Crippen LogP contribution < -0.4 is 5.43 Å². The van der Waals surface area contributed by atoms with Crippen molar-refractivity contribution < 1.29 is 9.90 Å². The minimum atomic E-state index is -0.380.